The lowest BCUT2D eigenvalue weighted by molar-refractivity contribution is 0.587. The van der Waals surface area contributed by atoms with E-state index < -0.39 is 10.0 Å². The van der Waals surface area contributed by atoms with E-state index in [2.05, 4.69) is 39.4 Å². The van der Waals surface area contributed by atoms with E-state index in [0.717, 1.165) is 23.6 Å². The van der Waals surface area contributed by atoms with Crippen LogP contribution in [0.1, 0.15) is 29.2 Å². The fourth-order valence-electron chi connectivity index (χ4n) is 2.53. The van der Waals surface area contributed by atoms with E-state index in [4.69, 9.17) is 0 Å². The van der Waals surface area contributed by atoms with Crippen LogP contribution in [0.4, 0.5) is 0 Å². The number of hydrogen-bond donors (Lipinski definition) is 3. The quantitative estimate of drug-likeness (QED) is 0.286. The summed E-state index contributed by atoms with van der Waals surface area (Å²) in [6.45, 7) is 6.13. The fraction of sp³-hybridized carbons (Fsp3) is 0.350. The topological polar surface area (TPSA) is 82.6 Å². The number of nitrogens with one attached hydrogen (secondary N) is 3. The Labute approximate surface area is 185 Å². The lowest BCUT2D eigenvalue weighted by Gasteiger charge is -2.13. The second-order valence-corrected chi connectivity index (χ2v) is 8.18. The second kappa shape index (κ2) is 12.0. The van der Waals surface area contributed by atoms with Crippen molar-refractivity contribution in [2.24, 2.45) is 4.99 Å². The van der Waals surface area contributed by atoms with Crippen molar-refractivity contribution in [1.82, 2.24) is 15.4 Å². The minimum atomic E-state index is -3.25. The van der Waals surface area contributed by atoms with E-state index in [1.54, 1.807) is 0 Å². The maximum atomic E-state index is 11.6. The van der Waals surface area contributed by atoms with Crippen molar-refractivity contribution in [1.29, 1.82) is 0 Å². The molecular formula is C20H29IN4O2S. The van der Waals surface area contributed by atoms with Crippen molar-refractivity contribution in [3.05, 3.63) is 70.8 Å². The number of benzene rings is 2. The van der Waals surface area contributed by atoms with E-state index in [1.165, 1.54) is 18.2 Å². The number of halogens is 1. The maximum absolute atomic E-state index is 11.6. The summed E-state index contributed by atoms with van der Waals surface area (Å²) in [5, 5.41) is 6.59. The average molecular weight is 516 g/mol. The molecule has 2 aromatic carbocycles. The molecule has 0 saturated heterocycles. The number of nitrogens with zero attached hydrogens (tertiary/aromatic N) is 1. The number of rotatable bonds is 8. The molecule has 154 valence electrons. The van der Waals surface area contributed by atoms with Crippen LogP contribution >= 0.6 is 24.0 Å². The van der Waals surface area contributed by atoms with E-state index >= 15 is 0 Å². The predicted octanol–water partition coefficient (Wildman–Crippen LogP) is 2.92. The van der Waals surface area contributed by atoms with E-state index in [1.807, 2.05) is 43.3 Å². The van der Waals surface area contributed by atoms with Crippen LogP contribution in [0.2, 0.25) is 0 Å². The molecule has 2 rings (SSSR count). The highest BCUT2D eigenvalue weighted by molar-refractivity contribution is 14.0. The highest BCUT2D eigenvalue weighted by Crippen LogP contribution is 2.09. The third kappa shape index (κ3) is 8.15. The lowest BCUT2D eigenvalue weighted by atomic mass is 10.1. The largest absolute Gasteiger partial charge is 0.357 e. The van der Waals surface area contributed by atoms with Gasteiger partial charge in [0.15, 0.2) is 5.96 Å². The first-order chi connectivity index (χ1) is 12.9. The van der Waals surface area contributed by atoms with Crippen molar-refractivity contribution >= 4 is 40.0 Å². The number of guanidine groups is 1. The van der Waals surface area contributed by atoms with E-state index in [9.17, 15) is 8.42 Å². The summed E-state index contributed by atoms with van der Waals surface area (Å²) in [5.74, 6) is 0.732. The number of sulfonamides is 1. The Bertz CT molecular complexity index is 868. The lowest BCUT2D eigenvalue weighted by Crippen LogP contribution is -2.36. The summed E-state index contributed by atoms with van der Waals surface area (Å²) < 4.78 is 25.5. The summed E-state index contributed by atoms with van der Waals surface area (Å²) in [7, 11) is -1.83. The Morgan fingerprint density at radius 2 is 1.64 bits per heavy atom. The molecule has 2 aromatic rings. The molecule has 3 N–H and O–H groups in total. The third-order valence-corrected chi connectivity index (χ3v) is 5.50. The van der Waals surface area contributed by atoms with Gasteiger partial charge in [0.1, 0.15) is 0 Å². The van der Waals surface area contributed by atoms with Crippen LogP contribution in [0.25, 0.3) is 0 Å². The van der Waals surface area contributed by atoms with Gasteiger partial charge in [-0.25, -0.2) is 18.1 Å². The molecule has 0 bridgehead atoms. The number of aryl methyl sites for hydroxylation is 1. The van der Waals surface area contributed by atoms with Gasteiger partial charge >= 0.3 is 0 Å². The average Bonchev–Trinajstić information content (AvgIpc) is 2.66. The minimum Gasteiger partial charge on any atom is -0.357 e. The number of hydrogen-bond acceptors (Lipinski definition) is 3. The molecule has 8 heteroatoms. The molecule has 0 radical (unpaired) electrons. The van der Waals surface area contributed by atoms with Gasteiger partial charge in [0.25, 0.3) is 0 Å². The third-order valence-electron chi connectivity index (χ3n) is 4.16. The molecule has 28 heavy (non-hydrogen) atoms. The Balaban J connectivity index is 0.00000392. The molecule has 0 aromatic heterocycles. The fourth-order valence-corrected chi connectivity index (χ4v) is 3.31. The number of aliphatic imine (C=N–C) groups is 1. The molecule has 6 nitrogen and oxygen atoms in total. The highest BCUT2D eigenvalue weighted by Gasteiger charge is 2.08. The van der Waals surface area contributed by atoms with Crippen molar-refractivity contribution < 1.29 is 8.42 Å². The molecule has 0 amide bonds. The highest BCUT2D eigenvalue weighted by atomic mass is 127. The molecule has 0 fully saturated rings. The van der Waals surface area contributed by atoms with Crippen molar-refractivity contribution in [2.75, 3.05) is 13.6 Å². The van der Waals surface area contributed by atoms with Crippen LogP contribution < -0.4 is 15.4 Å². The molecule has 0 atom stereocenters. The second-order valence-electron chi connectivity index (χ2n) is 6.25. The molecule has 0 spiro atoms. The predicted molar refractivity (Wildman–Crippen MR) is 126 cm³/mol. The zero-order valence-electron chi connectivity index (χ0n) is 16.5. The van der Waals surface area contributed by atoms with Crippen LogP contribution in [0.3, 0.4) is 0 Å². The Morgan fingerprint density at radius 1 is 1.00 bits per heavy atom. The first-order valence-corrected chi connectivity index (χ1v) is 10.6. The molecule has 0 heterocycles. The Morgan fingerprint density at radius 3 is 2.25 bits per heavy atom. The molecule has 0 unspecified atom stereocenters. The molecule has 0 aliphatic heterocycles. The van der Waals surface area contributed by atoms with E-state index in [-0.39, 0.29) is 29.7 Å². The zero-order valence-corrected chi connectivity index (χ0v) is 19.7. The van der Waals surface area contributed by atoms with Crippen LogP contribution in [0.15, 0.2) is 53.5 Å². The van der Waals surface area contributed by atoms with Crippen LogP contribution in [0, 0.1) is 6.92 Å². The van der Waals surface area contributed by atoms with Crippen molar-refractivity contribution in [2.45, 2.75) is 32.7 Å². The molecule has 0 aliphatic carbocycles. The monoisotopic (exact) mass is 516 g/mol. The first kappa shape index (κ1) is 24.4. The summed E-state index contributed by atoms with van der Waals surface area (Å²) >= 11 is 0. The van der Waals surface area contributed by atoms with Gasteiger partial charge in [-0.15, -0.1) is 24.0 Å². The van der Waals surface area contributed by atoms with Gasteiger partial charge in [0.05, 0.1) is 12.3 Å². The van der Waals surface area contributed by atoms with Gasteiger partial charge in [-0.1, -0.05) is 48.5 Å². The molecular weight excluding hydrogens is 487 g/mol. The van der Waals surface area contributed by atoms with Crippen LogP contribution in [0.5, 0.6) is 0 Å². The van der Waals surface area contributed by atoms with Crippen LogP contribution in [-0.2, 0) is 28.9 Å². The summed E-state index contributed by atoms with van der Waals surface area (Å²) in [5.41, 5.74) is 4.25. The zero-order chi connectivity index (χ0) is 19.7. The standard InChI is InChI=1S/C20H28N4O2S.HI/c1-4-22-20(24-14-19-8-6-5-7-16(19)2)23-13-17-9-11-18(12-10-17)15-27(25,26)21-3;/h5-12,21H,4,13-15H2,1-3H3,(H2,22,23,24);1H. The minimum absolute atomic E-state index is 0. The summed E-state index contributed by atoms with van der Waals surface area (Å²) in [6.07, 6.45) is 0. The van der Waals surface area contributed by atoms with Gasteiger partial charge in [0, 0.05) is 13.1 Å². The van der Waals surface area contributed by atoms with Gasteiger partial charge in [-0.2, -0.15) is 0 Å². The SMILES string of the molecule is CCNC(=NCc1ccc(CS(=O)(=O)NC)cc1)NCc1ccccc1C.I. The van der Waals surface area contributed by atoms with Crippen molar-refractivity contribution in [3.8, 4) is 0 Å². The van der Waals surface area contributed by atoms with E-state index in [0.29, 0.717) is 13.1 Å². The Hall–Kier alpha value is -1.65. The van der Waals surface area contributed by atoms with Gasteiger partial charge in [-0.3, -0.25) is 0 Å². The van der Waals surface area contributed by atoms with Gasteiger partial charge in [-0.05, 0) is 43.1 Å². The summed E-state index contributed by atoms with van der Waals surface area (Å²) in [4.78, 5) is 4.61. The smallest absolute Gasteiger partial charge is 0.215 e. The van der Waals surface area contributed by atoms with Gasteiger partial charge in [0.2, 0.25) is 10.0 Å². The molecule has 0 aliphatic rings. The Kier molecular flexibility index (Phi) is 10.5. The van der Waals surface area contributed by atoms with Gasteiger partial charge < -0.3 is 10.6 Å². The normalized spacial score (nSPS) is 11.6. The first-order valence-electron chi connectivity index (χ1n) is 8.99. The maximum Gasteiger partial charge on any atom is 0.215 e. The van der Waals surface area contributed by atoms with Crippen LogP contribution in [-0.4, -0.2) is 28.0 Å². The summed E-state index contributed by atoms with van der Waals surface area (Å²) in [6, 6.07) is 15.7. The van der Waals surface area contributed by atoms with Crippen molar-refractivity contribution in [3.63, 3.8) is 0 Å². The molecule has 0 saturated carbocycles.